The van der Waals surface area contributed by atoms with Crippen LogP contribution >= 0.6 is 0 Å². The van der Waals surface area contributed by atoms with Crippen molar-refractivity contribution in [1.82, 2.24) is 4.98 Å². The summed E-state index contributed by atoms with van der Waals surface area (Å²) in [4.78, 5) is 16.8. The fraction of sp³-hybridized carbons (Fsp3) is 0.360. The minimum Gasteiger partial charge on any atom is -0.466 e. The maximum atomic E-state index is 9.82. The van der Waals surface area contributed by atoms with Crippen LogP contribution in [0.5, 0.6) is 0 Å². The summed E-state index contributed by atoms with van der Waals surface area (Å²) in [6.07, 6.45) is 9.05. The molecule has 4 heteroatoms. The van der Waals surface area contributed by atoms with Crippen LogP contribution in [0.1, 0.15) is 45.4 Å². The average molecular weight is 395 g/mol. The minimum atomic E-state index is -0.211. The van der Waals surface area contributed by atoms with Gasteiger partial charge in [-0.3, -0.25) is 9.78 Å². The normalized spacial score (nSPS) is 11.6. The second-order valence-electron chi connectivity index (χ2n) is 6.33. The molecule has 0 saturated carbocycles. The molecule has 4 nitrogen and oxygen atoms in total. The Morgan fingerprint density at radius 1 is 1.28 bits per heavy atom. The van der Waals surface area contributed by atoms with E-state index in [1.54, 1.807) is 13.0 Å². The predicted molar refractivity (Wildman–Crippen MR) is 124 cm³/mol. The molecule has 29 heavy (non-hydrogen) atoms. The summed E-state index contributed by atoms with van der Waals surface area (Å²) in [7, 11) is 2.08. The van der Waals surface area contributed by atoms with E-state index in [2.05, 4.69) is 48.0 Å². The lowest BCUT2D eigenvalue weighted by molar-refractivity contribution is -0.140. The number of aryl methyl sites for hydroxylation is 1. The van der Waals surface area contributed by atoms with Crippen LogP contribution in [-0.4, -0.2) is 24.6 Å². The lowest BCUT2D eigenvalue weighted by atomic mass is 10.1. The number of nitrogens with zero attached hydrogens (tertiary/aromatic N) is 2. The van der Waals surface area contributed by atoms with Gasteiger partial charge in [0.2, 0.25) is 0 Å². The van der Waals surface area contributed by atoms with Crippen molar-refractivity contribution in [2.45, 2.75) is 47.0 Å². The van der Waals surface area contributed by atoms with Crippen molar-refractivity contribution < 1.29 is 9.53 Å². The largest absolute Gasteiger partial charge is 0.466 e. The summed E-state index contributed by atoms with van der Waals surface area (Å²) < 4.78 is 4.40. The van der Waals surface area contributed by atoms with Gasteiger partial charge in [0.05, 0.1) is 17.8 Å². The fourth-order valence-electron chi connectivity index (χ4n) is 3.21. The summed E-state index contributed by atoms with van der Waals surface area (Å²) in [5.41, 5.74) is 5.91. The molecule has 0 saturated heterocycles. The van der Waals surface area contributed by atoms with E-state index in [1.807, 2.05) is 32.1 Å². The fourth-order valence-corrected chi connectivity index (χ4v) is 3.21. The van der Waals surface area contributed by atoms with Gasteiger partial charge in [0.1, 0.15) is 0 Å². The van der Waals surface area contributed by atoms with Crippen molar-refractivity contribution in [3.63, 3.8) is 0 Å². The van der Waals surface area contributed by atoms with Crippen LogP contribution in [0.4, 0.5) is 5.69 Å². The maximum absolute atomic E-state index is 9.82. The van der Waals surface area contributed by atoms with E-state index in [9.17, 15) is 4.79 Å². The predicted octanol–water partition coefficient (Wildman–Crippen LogP) is 6.01. The van der Waals surface area contributed by atoms with E-state index in [1.165, 1.54) is 35.7 Å². The number of carbonyl (C=O) groups excluding carboxylic acids is 1. The van der Waals surface area contributed by atoms with Crippen molar-refractivity contribution in [2.24, 2.45) is 0 Å². The zero-order chi connectivity index (χ0) is 21.8. The molecule has 0 atom stereocenters. The van der Waals surface area contributed by atoms with Gasteiger partial charge >= 0.3 is 5.97 Å². The highest BCUT2D eigenvalue weighted by molar-refractivity contribution is 5.95. The highest BCUT2D eigenvalue weighted by Gasteiger charge is 2.22. The Hall–Kier alpha value is -2.88. The van der Waals surface area contributed by atoms with Gasteiger partial charge < -0.3 is 9.64 Å². The van der Waals surface area contributed by atoms with Crippen LogP contribution in [0, 0.1) is 0 Å². The molecule has 1 aromatic heterocycles. The third-order valence-electron chi connectivity index (χ3n) is 4.43. The van der Waals surface area contributed by atoms with Gasteiger partial charge in [-0.1, -0.05) is 57.4 Å². The Kier molecular flexibility index (Phi) is 10.5. The first kappa shape index (κ1) is 24.2. The first-order valence-electron chi connectivity index (χ1n) is 10.2. The molecule has 0 N–H and O–H groups in total. The summed E-state index contributed by atoms with van der Waals surface area (Å²) in [6, 6.07) is 8.36. The molecule has 1 aliphatic carbocycles. The van der Waals surface area contributed by atoms with Crippen molar-refractivity contribution in [2.75, 3.05) is 18.6 Å². The van der Waals surface area contributed by atoms with Crippen molar-refractivity contribution in [1.29, 1.82) is 0 Å². The lowest BCUT2D eigenvalue weighted by Crippen LogP contribution is -2.17. The minimum absolute atomic E-state index is 0.211. The van der Waals surface area contributed by atoms with Gasteiger partial charge in [-0.25, -0.2) is 0 Å². The smallest absolute Gasteiger partial charge is 0.302 e. The number of carbonyl (C=O) groups is 1. The summed E-state index contributed by atoms with van der Waals surface area (Å²) in [6.45, 7) is 15.5. The molecular weight excluding hydrogens is 360 g/mol. The monoisotopic (exact) mass is 394 g/mol. The number of esters is 1. The van der Waals surface area contributed by atoms with Crippen molar-refractivity contribution >= 4 is 22.6 Å². The summed E-state index contributed by atoms with van der Waals surface area (Å²) in [5, 5.41) is 1.20. The number of allylic oxidation sites excluding steroid dienone is 3. The number of para-hydroxylation sites is 1. The van der Waals surface area contributed by atoms with Crippen LogP contribution in [0.15, 0.2) is 61.3 Å². The molecule has 0 spiro atoms. The van der Waals surface area contributed by atoms with Crippen molar-refractivity contribution in [3.8, 4) is 0 Å². The maximum Gasteiger partial charge on any atom is 0.302 e. The summed E-state index contributed by atoms with van der Waals surface area (Å²) >= 11 is 0. The van der Waals surface area contributed by atoms with Gasteiger partial charge in [0.25, 0.3) is 0 Å². The van der Waals surface area contributed by atoms with E-state index < -0.39 is 0 Å². The molecule has 0 unspecified atom stereocenters. The zero-order valence-corrected chi connectivity index (χ0v) is 18.5. The zero-order valence-electron chi connectivity index (χ0n) is 18.5. The van der Waals surface area contributed by atoms with Gasteiger partial charge in [0.15, 0.2) is 0 Å². The highest BCUT2D eigenvalue weighted by Crippen LogP contribution is 2.37. The van der Waals surface area contributed by atoms with Gasteiger partial charge in [-0.15, -0.1) is 0 Å². The number of ether oxygens (including phenoxy) is 1. The average Bonchev–Trinajstić information content (AvgIpc) is 3.19. The first-order valence-corrected chi connectivity index (χ1v) is 10.2. The standard InChI is InChI=1S/C19H20N2.C4H8O2.C2H6/c1-4-5-9-14(2)21(3)19-15-10-6-7-12-17(15)20-18-13-8-11-16(18)19;1-3-6-4(2)5;1-2/h4-7,9-10,12H,1-2,8,11,13H2,3H3;3H2,1-2H3;1-2H3/b9-5-;;. The number of rotatable bonds is 5. The molecule has 0 bridgehead atoms. The molecular formula is C25H34N2O2. The number of aromatic nitrogens is 1. The molecule has 0 radical (unpaired) electrons. The third-order valence-corrected chi connectivity index (χ3v) is 4.43. The molecule has 1 heterocycles. The quantitative estimate of drug-likeness (QED) is 0.460. The third kappa shape index (κ3) is 6.60. The molecule has 2 aromatic rings. The number of hydrogen-bond donors (Lipinski definition) is 0. The Bertz CT molecular complexity index is 868. The number of anilines is 1. The van der Waals surface area contributed by atoms with E-state index >= 15 is 0 Å². The molecule has 156 valence electrons. The molecule has 3 rings (SSSR count). The van der Waals surface area contributed by atoms with E-state index in [4.69, 9.17) is 4.98 Å². The van der Waals surface area contributed by atoms with Crippen molar-refractivity contribution in [3.05, 3.63) is 72.6 Å². The van der Waals surface area contributed by atoms with Crippen LogP contribution in [0.3, 0.4) is 0 Å². The number of benzene rings is 1. The SMILES string of the molecule is C=C/C=C\C(=C)N(C)c1c2c(nc3ccccc13)CCC2.CC.CCOC(C)=O. The number of hydrogen-bond acceptors (Lipinski definition) is 4. The Balaban J connectivity index is 0.000000454. The van der Waals surface area contributed by atoms with Crippen LogP contribution in [0.2, 0.25) is 0 Å². The Labute approximate surface area is 175 Å². The number of fused-ring (bicyclic) bond motifs is 2. The van der Waals surface area contributed by atoms with Crippen LogP contribution < -0.4 is 4.90 Å². The van der Waals surface area contributed by atoms with Gasteiger partial charge in [0, 0.05) is 30.7 Å². The second-order valence-corrected chi connectivity index (χ2v) is 6.33. The Morgan fingerprint density at radius 3 is 2.55 bits per heavy atom. The van der Waals surface area contributed by atoms with Crippen LogP contribution in [-0.2, 0) is 22.4 Å². The van der Waals surface area contributed by atoms with Gasteiger partial charge in [-0.05, 0) is 43.9 Å². The lowest BCUT2D eigenvalue weighted by Gasteiger charge is -2.24. The summed E-state index contributed by atoms with van der Waals surface area (Å²) in [5.74, 6) is -0.211. The Morgan fingerprint density at radius 2 is 1.97 bits per heavy atom. The molecule has 0 amide bonds. The number of likely N-dealkylation sites (N-methyl/N-ethyl adjacent to an activating group) is 1. The second kappa shape index (κ2) is 12.6. The van der Waals surface area contributed by atoms with Gasteiger partial charge in [-0.2, -0.15) is 0 Å². The number of pyridine rings is 1. The molecule has 1 aromatic carbocycles. The molecule has 0 aliphatic heterocycles. The van der Waals surface area contributed by atoms with E-state index in [-0.39, 0.29) is 5.97 Å². The molecule has 1 aliphatic rings. The molecule has 0 fully saturated rings. The highest BCUT2D eigenvalue weighted by atomic mass is 16.5. The van der Waals surface area contributed by atoms with E-state index in [0.717, 1.165) is 24.1 Å². The van der Waals surface area contributed by atoms with E-state index in [0.29, 0.717) is 6.61 Å². The first-order chi connectivity index (χ1) is 14.0. The van der Waals surface area contributed by atoms with Crippen LogP contribution in [0.25, 0.3) is 10.9 Å². The topological polar surface area (TPSA) is 42.4 Å².